The standard InChI is InChI=1S/C18H14F2IN3O/c19-11-3-4-15(20)13(8-11)16-2-1-6-23(16)12-5-7-24-17(9-12)14(10-22-24)18(21)25/h3-5,7-10,16H,1-2,6H2/t16-/m1/s1. The minimum absolute atomic E-state index is 0.0844. The SMILES string of the molecule is O=C(I)c1cnn2ccc(N3CCC[C@@H]3c3cc(F)ccc3F)cc12. The number of nitrogens with zero attached hydrogens (tertiary/aromatic N) is 3. The lowest BCUT2D eigenvalue weighted by molar-refractivity contribution is 0.110. The van der Waals surface area contributed by atoms with E-state index in [4.69, 9.17) is 0 Å². The van der Waals surface area contributed by atoms with E-state index in [2.05, 4.69) is 10.00 Å². The van der Waals surface area contributed by atoms with Crippen molar-refractivity contribution in [1.29, 1.82) is 0 Å². The average Bonchev–Trinajstić information content (AvgIpc) is 3.22. The third kappa shape index (κ3) is 2.90. The molecule has 1 aromatic carbocycles. The first-order valence-electron chi connectivity index (χ1n) is 7.93. The van der Waals surface area contributed by atoms with Crippen molar-refractivity contribution in [1.82, 2.24) is 9.61 Å². The van der Waals surface area contributed by atoms with Crippen LogP contribution in [0.5, 0.6) is 0 Å². The van der Waals surface area contributed by atoms with Gasteiger partial charge in [0.05, 0.1) is 23.3 Å². The van der Waals surface area contributed by atoms with Crippen molar-refractivity contribution in [3.05, 3.63) is 65.5 Å². The number of rotatable bonds is 3. The van der Waals surface area contributed by atoms with Crippen LogP contribution in [0.25, 0.3) is 5.52 Å². The summed E-state index contributed by atoms with van der Waals surface area (Å²) in [6, 6.07) is 7.13. The number of carbonyl (C=O) groups is 1. The molecule has 4 rings (SSSR count). The number of hydrogen-bond acceptors (Lipinski definition) is 3. The van der Waals surface area contributed by atoms with Crippen LogP contribution < -0.4 is 4.90 Å². The molecule has 128 valence electrons. The van der Waals surface area contributed by atoms with Gasteiger partial charge in [0.25, 0.3) is 0 Å². The molecule has 7 heteroatoms. The zero-order valence-corrected chi connectivity index (χ0v) is 15.3. The van der Waals surface area contributed by atoms with E-state index >= 15 is 0 Å². The molecule has 0 amide bonds. The highest BCUT2D eigenvalue weighted by Crippen LogP contribution is 2.38. The van der Waals surface area contributed by atoms with E-state index in [9.17, 15) is 13.6 Å². The van der Waals surface area contributed by atoms with Crippen LogP contribution in [-0.2, 0) is 0 Å². The number of anilines is 1. The van der Waals surface area contributed by atoms with Crippen LogP contribution in [-0.4, -0.2) is 19.9 Å². The number of hydrogen-bond donors (Lipinski definition) is 0. The smallest absolute Gasteiger partial charge is 0.226 e. The third-order valence-corrected chi connectivity index (χ3v) is 5.20. The van der Waals surface area contributed by atoms with Gasteiger partial charge in [-0.3, -0.25) is 4.79 Å². The summed E-state index contributed by atoms with van der Waals surface area (Å²) in [5.41, 5.74) is 2.49. The van der Waals surface area contributed by atoms with Gasteiger partial charge in [-0.1, -0.05) is 0 Å². The fourth-order valence-corrected chi connectivity index (χ4v) is 3.88. The summed E-state index contributed by atoms with van der Waals surface area (Å²) in [4.78, 5) is 13.8. The second-order valence-electron chi connectivity index (χ2n) is 6.06. The predicted molar refractivity (Wildman–Crippen MR) is 99.2 cm³/mol. The van der Waals surface area contributed by atoms with Gasteiger partial charge in [-0.25, -0.2) is 13.3 Å². The minimum Gasteiger partial charge on any atom is -0.364 e. The van der Waals surface area contributed by atoms with E-state index in [1.807, 2.05) is 12.1 Å². The second-order valence-corrected chi connectivity index (χ2v) is 7.04. The Morgan fingerprint density at radius 3 is 2.88 bits per heavy atom. The predicted octanol–water partition coefficient (Wildman–Crippen LogP) is 4.53. The van der Waals surface area contributed by atoms with Crippen LogP contribution in [0.2, 0.25) is 0 Å². The Kier molecular flexibility index (Phi) is 4.18. The minimum atomic E-state index is -0.438. The molecule has 0 saturated carbocycles. The molecule has 0 unspecified atom stereocenters. The van der Waals surface area contributed by atoms with Gasteiger partial charge in [-0.05, 0) is 43.2 Å². The van der Waals surface area contributed by atoms with Crippen LogP contribution in [0.4, 0.5) is 14.5 Å². The molecule has 0 aliphatic carbocycles. The van der Waals surface area contributed by atoms with E-state index in [0.29, 0.717) is 16.6 Å². The van der Waals surface area contributed by atoms with Crippen LogP contribution >= 0.6 is 22.6 Å². The lowest BCUT2D eigenvalue weighted by Gasteiger charge is -2.27. The van der Waals surface area contributed by atoms with Crippen molar-refractivity contribution < 1.29 is 13.6 Å². The van der Waals surface area contributed by atoms with Gasteiger partial charge in [-0.15, -0.1) is 0 Å². The zero-order valence-electron chi connectivity index (χ0n) is 13.1. The highest BCUT2D eigenvalue weighted by molar-refractivity contribution is 14.1. The fraction of sp³-hybridized carbons (Fsp3) is 0.222. The van der Waals surface area contributed by atoms with Crippen molar-refractivity contribution >= 4 is 37.6 Å². The van der Waals surface area contributed by atoms with Gasteiger partial charge in [0.15, 0.2) is 0 Å². The molecule has 1 fully saturated rings. The highest BCUT2D eigenvalue weighted by Gasteiger charge is 2.29. The monoisotopic (exact) mass is 453 g/mol. The van der Waals surface area contributed by atoms with Crippen LogP contribution in [0.15, 0.2) is 42.7 Å². The van der Waals surface area contributed by atoms with Gasteiger partial charge in [0.2, 0.25) is 3.79 Å². The second kappa shape index (κ2) is 6.36. The Bertz CT molecular complexity index is 972. The molecule has 0 N–H and O–H groups in total. The summed E-state index contributed by atoms with van der Waals surface area (Å²) in [6.07, 6.45) is 4.97. The molecule has 3 aromatic rings. The van der Waals surface area contributed by atoms with Gasteiger partial charge < -0.3 is 4.90 Å². The normalized spacial score (nSPS) is 17.4. The summed E-state index contributed by atoms with van der Waals surface area (Å²) >= 11 is 1.74. The fourth-order valence-electron chi connectivity index (χ4n) is 3.47. The summed E-state index contributed by atoms with van der Waals surface area (Å²) < 4.78 is 29.4. The average molecular weight is 453 g/mol. The number of aromatic nitrogens is 2. The van der Waals surface area contributed by atoms with E-state index < -0.39 is 11.6 Å². The molecule has 2 aromatic heterocycles. The molecule has 3 heterocycles. The van der Waals surface area contributed by atoms with Gasteiger partial charge in [0, 0.05) is 46.6 Å². The Balaban J connectivity index is 1.77. The molecule has 1 atom stereocenters. The molecule has 0 radical (unpaired) electrons. The Hall–Kier alpha value is -2.03. The number of benzene rings is 1. The zero-order chi connectivity index (χ0) is 17.6. The summed E-state index contributed by atoms with van der Waals surface area (Å²) in [5.74, 6) is -0.834. The maximum absolute atomic E-state index is 14.2. The van der Waals surface area contributed by atoms with E-state index in [1.54, 1.807) is 39.5 Å². The lowest BCUT2D eigenvalue weighted by atomic mass is 10.0. The van der Waals surface area contributed by atoms with Gasteiger partial charge in [-0.2, -0.15) is 5.10 Å². The van der Waals surface area contributed by atoms with Crippen molar-refractivity contribution in [2.75, 3.05) is 11.4 Å². The quantitative estimate of drug-likeness (QED) is 0.432. The highest BCUT2D eigenvalue weighted by atomic mass is 127. The number of pyridine rings is 1. The van der Waals surface area contributed by atoms with Crippen LogP contribution in [0.1, 0.15) is 34.8 Å². The van der Waals surface area contributed by atoms with E-state index in [1.165, 1.54) is 12.1 Å². The van der Waals surface area contributed by atoms with Crippen molar-refractivity contribution in [2.24, 2.45) is 0 Å². The molecule has 1 saturated heterocycles. The first kappa shape index (κ1) is 16.4. The van der Waals surface area contributed by atoms with Gasteiger partial charge in [0.1, 0.15) is 11.6 Å². The Morgan fingerprint density at radius 1 is 1.24 bits per heavy atom. The maximum atomic E-state index is 14.2. The third-order valence-electron chi connectivity index (χ3n) is 4.62. The van der Waals surface area contributed by atoms with Crippen molar-refractivity contribution in [2.45, 2.75) is 18.9 Å². The number of halogens is 3. The molecular formula is C18H14F2IN3O. The summed E-state index contributed by atoms with van der Waals surface area (Å²) in [5, 5.41) is 4.17. The van der Waals surface area contributed by atoms with Crippen LogP contribution in [0, 0.1) is 11.6 Å². The summed E-state index contributed by atoms with van der Waals surface area (Å²) in [6.45, 7) is 0.748. The maximum Gasteiger partial charge on any atom is 0.226 e. The lowest BCUT2D eigenvalue weighted by Crippen LogP contribution is -2.23. The Labute approximate surface area is 156 Å². The van der Waals surface area contributed by atoms with Crippen molar-refractivity contribution in [3.8, 4) is 0 Å². The van der Waals surface area contributed by atoms with Crippen LogP contribution in [0.3, 0.4) is 0 Å². The molecule has 0 spiro atoms. The Morgan fingerprint density at radius 2 is 2.08 bits per heavy atom. The first-order chi connectivity index (χ1) is 12.0. The molecule has 1 aliphatic heterocycles. The van der Waals surface area contributed by atoms with Gasteiger partial charge >= 0.3 is 0 Å². The molecule has 0 bridgehead atoms. The van der Waals surface area contributed by atoms with E-state index in [0.717, 1.165) is 31.1 Å². The first-order valence-corrected chi connectivity index (χ1v) is 9.01. The molecule has 4 nitrogen and oxygen atoms in total. The topological polar surface area (TPSA) is 37.6 Å². The summed E-state index contributed by atoms with van der Waals surface area (Å²) in [7, 11) is 0. The largest absolute Gasteiger partial charge is 0.364 e. The molecule has 25 heavy (non-hydrogen) atoms. The van der Waals surface area contributed by atoms with Crippen molar-refractivity contribution in [3.63, 3.8) is 0 Å². The molecular weight excluding hydrogens is 439 g/mol. The molecule has 1 aliphatic rings. The number of fused-ring (bicyclic) bond motifs is 1. The number of carbonyl (C=O) groups excluding carboxylic acids is 1. The van der Waals surface area contributed by atoms with E-state index in [-0.39, 0.29) is 9.83 Å².